The number of halogens is 1. The SMILES string of the molecule is C=c1c(P)c(-c2cc(O)cc3ccc(F)c(CC)c23)nc/c1=C(/N=C(\C)CC)N1CCC[C@@](C)(O)C1.CC.CCC.CCCC(=O)N(c1ccc(C2CN(C3CC4(CCN(C)CC4)C3)C2)cc1C)C1CCC(=O)NC1=O.O=COCC1CCC2CCCN21. The molecular weight excluding hydrogens is 1130 g/mol. The largest absolute Gasteiger partial charge is 0.508 e. The summed E-state index contributed by atoms with van der Waals surface area (Å²) in [6.45, 7) is 32.8. The second-order valence-corrected chi connectivity index (χ2v) is 26.5. The second-order valence-electron chi connectivity index (χ2n) is 25.9. The van der Waals surface area contributed by atoms with Gasteiger partial charge in [-0.15, -0.1) is 9.24 Å². The fourth-order valence-corrected chi connectivity index (χ4v) is 14.5. The third-order valence-corrected chi connectivity index (χ3v) is 19.7. The molecule has 1 aliphatic carbocycles. The zero-order chi connectivity index (χ0) is 64.0. The number of aryl methyl sites for hydroxylation is 2. The molecule has 3 N–H and O–H groups in total. The smallest absolute Gasteiger partial charge is 0.293 e. The number of aromatic nitrogens is 1. The van der Waals surface area contributed by atoms with Gasteiger partial charge < -0.3 is 24.7 Å². The number of ether oxygens (including phenoxy) is 1. The Morgan fingerprint density at radius 1 is 0.966 bits per heavy atom. The molecule has 5 atom stereocenters. The highest BCUT2D eigenvalue weighted by Crippen LogP contribution is 2.52. The van der Waals surface area contributed by atoms with Gasteiger partial charge in [0.1, 0.15) is 30.0 Å². The van der Waals surface area contributed by atoms with Crippen molar-refractivity contribution in [1.29, 1.82) is 0 Å². The number of nitrogens with one attached hydrogen (secondary N) is 1. The number of carbonyl (C=O) groups excluding carboxylic acids is 4. The first kappa shape index (κ1) is 69.8. The number of piperidine rings is 3. The number of aliphatic imine (C=N–C) groups is 1. The quantitative estimate of drug-likeness (QED) is 0.0473. The topological polar surface area (TPSA) is 171 Å². The molecular formula is C71H104FN8O7P. The number of phenolic OH excluding ortho intramolecular Hbond substituents is 1. The van der Waals surface area contributed by atoms with E-state index in [9.17, 15) is 33.8 Å². The Hall–Kier alpha value is -5.64. The van der Waals surface area contributed by atoms with E-state index in [2.05, 4.69) is 80.7 Å². The summed E-state index contributed by atoms with van der Waals surface area (Å²) in [5.74, 6) is 0.426. The lowest BCUT2D eigenvalue weighted by Crippen LogP contribution is -2.60. The lowest BCUT2D eigenvalue weighted by molar-refractivity contribution is -0.136. The number of amides is 3. The maximum atomic E-state index is 14.7. The first-order valence-corrected chi connectivity index (χ1v) is 33.7. The van der Waals surface area contributed by atoms with E-state index in [0.717, 1.165) is 107 Å². The van der Waals surface area contributed by atoms with E-state index in [1.54, 1.807) is 29.3 Å². The van der Waals surface area contributed by atoms with Crippen molar-refractivity contribution in [2.45, 2.75) is 214 Å². The number of nitrogens with zero attached hydrogens (tertiary/aromatic N) is 7. The van der Waals surface area contributed by atoms with E-state index in [4.69, 9.17) is 14.7 Å². The van der Waals surface area contributed by atoms with Gasteiger partial charge in [0.15, 0.2) is 0 Å². The van der Waals surface area contributed by atoms with Gasteiger partial charge >= 0.3 is 0 Å². The normalized spacial score (nSPS) is 23.3. The molecule has 0 bridgehead atoms. The molecule has 1 saturated carbocycles. The summed E-state index contributed by atoms with van der Waals surface area (Å²) in [5.41, 5.74) is 5.81. The van der Waals surface area contributed by atoms with Crippen molar-refractivity contribution < 1.29 is 38.5 Å². The lowest BCUT2D eigenvalue weighted by atomic mass is 9.59. The molecule has 7 aliphatic rings. The molecule has 0 radical (unpaired) electrons. The Kier molecular flexibility index (Phi) is 25.3. The molecule has 7 fully saturated rings. The van der Waals surface area contributed by atoms with Crippen LogP contribution in [0.2, 0.25) is 0 Å². The first-order valence-electron chi connectivity index (χ1n) is 33.1. The average Bonchev–Trinajstić information content (AvgIpc) is 0.984. The molecule has 15 nitrogen and oxygen atoms in total. The number of aliphatic hydroxyl groups is 1. The van der Waals surface area contributed by atoms with Gasteiger partial charge in [-0.1, -0.05) is 79.7 Å². The molecule has 6 aliphatic heterocycles. The number of hydrogen-bond acceptors (Lipinski definition) is 13. The van der Waals surface area contributed by atoms with E-state index in [1.807, 2.05) is 54.5 Å². The standard InChI is InChI=1S/C29H35FN3O2P.C28H40N4O3.C9H15NO2.C3H8.C2H6/c1-6-17(3)32-28(33-12-8-11-29(5,35)16-33)23-15-31-26(27(36)18(23)4)22-14-20(34)13-19-9-10-24(30)21(7-2)25(19)22;1-4-5-26(34)32(24-8-9-25(33)29-27(24)35)23-7-6-20(14-19(23)2)21-17-31(18-21)22-15-28(16-22)10-12-30(3)13-11-28;11-7-12-6-9-4-3-8-2-1-5-10(8)9;1-3-2;1-2/h9-10,13-15,34-35H,4,6-8,11-12,16,36H2,1-3,5H3;6-7,14,21-22,24H,4-5,8-13,15-18H2,1-3H3,(H,29,33,35);7-9H,1-6H2;3H2,1-2H3;1-2H3/b28-23+,32-17+;;;;/t29-;;;;/m1..../s1. The van der Waals surface area contributed by atoms with Crippen LogP contribution in [0.15, 0.2) is 53.7 Å². The number of likely N-dealkylation sites (tertiary alicyclic amines) is 3. The molecule has 11 rings (SSSR count). The van der Waals surface area contributed by atoms with Crippen molar-refractivity contribution in [3.05, 3.63) is 81.6 Å². The predicted octanol–water partition coefficient (Wildman–Crippen LogP) is 10.4. The van der Waals surface area contributed by atoms with Crippen LogP contribution in [0.4, 0.5) is 10.1 Å². The highest BCUT2D eigenvalue weighted by atomic mass is 31.0. The van der Waals surface area contributed by atoms with Crippen LogP contribution in [-0.4, -0.2) is 154 Å². The predicted molar refractivity (Wildman–Crippen MR) is 359 cm³/mol. The van der Waals surface area contributed by atoms with Gasteiger partial charge in [-0.25, -0.2) is 9.38 Å². The molecule has 17 heteroatoms. The minimum absolute atomic E-state index is 0.0551. The third-order valence-electron chi connectivity index (χ3n) is 19.1. The zero-order valence-electron chi connectivity index (χ0n) is 55.0. The van der Waals surface area contributed by atoms with Crippen molar-refractivity contribution in [3.63, 3.8) is 0 Å². The van der Waals surface area contributed by atoms with Gasteiger partial charge in [0, 0.05) is 96.7 Å². The van der Waals surface area contributed by atoms with E-state index >= 15 is 0 Å². The number of β-amino-alcohol motifs (C(OH)–C–C–N with tert-alkyl or cyclic N) is 1. The van der Waals surface area contributed by atoms with Crippen LogP contribution < -0.4 is 26.0 Å². The van der Waals surface area contributed by atoms with E-state index in [-0.39, 0.29) is 35.7 Å². The molecule has 3 aromatic carbocycles. The summed E-state index contributed by atoms with van der Waals surface area (Å²) >= 11 is 0. The molecule has 482 valence electrons. The van der Waals surface area contributed by atoms with Crippen LogP contribution in [0.5, 0.6) is 5.75 Å². The molecule has 4 unspecified atom stereocenters. The maximum absolute atomic E-state index is 14.7. The number of imide groups is 1. The summed E-state index contributed by atoms with van der Waals surface area (Å²) < 4.78 is 19.5. The Bertz CT molecular complexity index is 3210. The van der Waals surface area contributed by atoms with Crippen molar-refractivity contribution >= 4 is 73.3 Å². The molecule has 1 aromatic heterocycles. The highest BCUT2D eigenvalue weighted by Gasteiger charge is 2.50. The Balaban J connectivity index is 0.000000199. The van der Waals surface area contributed by atoms with Gasteiger partial charge in [-0.3, -0.25) is 44.2 Å². The molecule has 3 amide bonds. The Labute approximate surface area is 526 Å². The summed E-state index contributed by atoms with van der Waals surface area (Å²) in [5, 5.41) is 27.4. The number of hydrogen-bond donors (Lipinski definition) is 3. The van der Waals surface area contributed by atoms with Crippen LogP contribution >= 0.6 is 9.24 Å². The summed E-state index contributed by atoms with van der Waals surface area (Å²) in [6.07, 6.45) is 18.3. The number of anilines is 1. The van der Waals surface area contributed by atoms with Crippen molar-refractivity contribution in [2.24, 2.45) is 10.4 Å². The van der Waals surface area contributed by atoms with Crippen LogP contribution in [0.3, 0.4) is 0 Å². The van der Waals surface area contributed by atoms with Crippen molar-refractivity contribution in [1.82, 2.24) is 29.9 Å². The summed E-state index contributed by atoms with van der Waals surface area (Å²) in [7, 11) is 4.97. The highest BCUT2D eigenvalue weighted by molar-refractivity contribution is 7.27. The van der Waals surface area contributed by atoms with E-state index in [0.29, 0.717) is 73.1 Å². The number of aromatic hydroxyl groups is 1. The van der Waals surface area contributed by atoms with E-state index in [1.165, 1.54) is 89.1 Å². The van der Waals surface area contributed by atoms with Gasteiger partial charge in [0.25, 0.3) is 6.47 Å². The van der Waals surface area contributed by atoms with Crippen molar-refractivity contribution in [2.75, 3.05) is 64.4 Å². The molecule has 4 aromatic rings. The molecule has 6 saturated heterocycles. The van der Waals surface area contributed by atoms with Gasteiger partial charge in [0.05, 0.1) is 11.3 Å². The number of benzene rings is 3. The first-order chi connectivity index (χ1) is 42.2. The van der Waals surface area contributed by atoms with Gasteiger partial charge in [-0.05, 0) is 200 Å². The molecule has 1 spiro atoms. The van der Waals surface area contributed by atoms with Crippen LogP contribution in [0.25, 0.3) is 34.4 Å². The fraction of sp³-hybridized carbons (Fsp3) is 0.606. The van der Waals surface area contributed by atoms with Crippen LogP contribution in [-0.2, 0) is 30.3 Å². The monoisotopic (exact) mass is 1230 g/mol. The number of rotatable bonds is 14. The lowest BCUT2D eigenvalue weighted by Gasteiger charge is -2.58. The second kappa shape index (κ2) is 31.9. The Morgan fingerprint density at radius 3 is 2.32 bits per heavy atom. The fourth-order valence-electron chi connectivity index (χ4n) is 14.2. The maximum Gasteiger partial charge on any atom is 0.293 e. The Morgan fingerprint density at radius 2 is 1.68 bits per heavy atom. The zero-order valence-corrected chi connectivity index (χ0v) is 56.1. The minimum Gasteiger partial charge on any atom is -0.508 e. The van der Waals surface area contributed by atoms with Gasteiger partial charge in [0.2, 0.25) is 17.7 Å². The van der Waals surface area contributed by atoms with Crippen LogP contribution in [0.1, 0.15) is 188 Å². The number of phenols is 1. The summed E-state index contributed by atoms with van der Waals surface area (Å²) in [6, 6.07) is 14.2. The molecule has 7 heterocycles. The third kappa shape index (κ3) is 16.6. The van der Waals surface area contributed by atoms with E-state index < -0.39 is 11.6 Å². The average molecular weight is 1230 g/mol. The number of pyridine rings is 1. The van der Waals surface area contributed by atoms with Gasteiger partial charge in [-0.2, -0.15) is 0 Å². The molecule has 88 heavy (non-hydrogen) atoms. The van der Waals surface area contributed by atoms with Crippen LogP contribution in [0, 0.1) is 18.2 Å². The van der Waals surface area contributed by atoms with Crippen molar-refractivity contribution in [3.8, 4) is 17.0 Å². The summed E-state index contributed by atoms with van der Waals surface area (Å²) in [4.78, 5) is 68.5. The minimum atomic E-state index is -0.793. The number of fused-ring (bicyclic) bond motifs is 2. The number of carbonyl (C=O) groups is 4.